The summed E-state index contributed by atoms with van der Waals surface area (Å²) in [5, 5.41) is 14.2. The number of hydrazine groups is 1. The molecular weight excluding hydrogens is 444 g/mol. The van der Waals surface area contributed by atoms with Gasteiger partial charge in [0, 0.05) is 37.6 Å². The van der Waals surface area contributed by atoms with Gasteiger partial charge in [-0.15, -0.1) is 0 Å². The van der Waals surface area contributed by atoms with Crippen LogP contribution in [-0.4, -0.2) is 51.6 Å². The van der Waals surface area contributed by atoms with Crippen LogP contribution in [0.15, 0.2) is 18.5 Å². The van der Waals surface area contributed by atoms with Gasteiger partial charge in [0.25, 0.3) is 5.90 Å². The zero-order valence-electron chi connectivity index (χ0n) is 18.4. The molecular formula is C22H29ClN8O2. The number of halogens is 1. The number of aromatic nitrogens is 3. The molecule has 2 aromatic rings. The molecule has 1 amide bonds. The fourth-order valence-electron chi connectivity index (χ4n) is 4.32. The van der Waals surface area contributed by atoms with Crippen LogP contribution in [0.4, 0.5) is 16.3 Å². The standard InChI is InChI=1S/C22H29ClN8O2/c23-16-10-15(12-26-13-16)17-18(27-11-14-6-2-1-3-7-14)20(30-31-8-4-5-9-31)29-21(28-17)19(24)33-22(25)32/h10,12-14,24,27H,1-9,11H2,(H2,25,32)(H,28,29,30). The van der Waals surface area contributed by atoms with Crippen molar-refractivity contribution >= 4 is 35.1 Å². The molecule has 5 N–H and O–H groups in total. The van der Waals surface area contributed by atoms with Crippen LogP contribution < -0.4 is 16.5 Å². The highest BCUT2D eigenvalue weighted by Crippen LogP contribution is 2.34. The Bertz CT molecular complexity index is 1010. The Morgan fingerprint density at radius 2 is 1.94 bits per heavy atom. The van der Waals surface area contributed by atoms with Gasteiger partial charge in [0.2, 0.25) is 5.82 Å². The summed E-state index contributed by atoms with van der Waals surface area (Å²) in [6.07, 6.45) is 10.4. The second kappa shape index (κ2) is 10.8. The highest BCUT2D eigenvalue weighted by atomic mass is 35.5. The molecule has 4 rings (SSSR count). The number of nitrogens with zero attached hydrogens (tertiary/aromatic N) is 4. The average molecular weight is 473 g/mol. The van der Waals surface area contributed by atoms with E-state index in [2.05, 4.69) is 30.7 Å². The van der Waals surface area contributed by atoms with Gasteiger partial charge in [-0.2, -0.15) is 0 Å². The second-order valence-corrected chi connectivity index (χ2v) is 8.89. The van der Waals surface area contributed by atoms with E-state index in [0.717, 1.165) is 32.5 Å². The summed E-state index contributed by atoms with van der Waals surface area (Å²) < 4.78 is 4.76. The minimum Gasteiger partial charge on any atom is -0.388 e. The van der Waals surface area contributed by atoms with E-state index in [9.17, 15) is 4.79 Å². The molecule has 1 aliphatic carbocycles. The van der Waals surface area contributed by atoms with Crippen molar-refractivity contribution in [3.8, 4) is 11.3 Å². The predicted octanol–water partition coefficient (Wildman–Crippen LogP) is 4.03. The lowest BCUT2D eigenvalue weighted by molar-refractivity contribution is 0.207. The zero-order valence-corrected chi connectivity index (χ0v) is 19.2. The number of anilines is 2. The first kappa shape index (κ1) is 23.2. The summed E-state index contributed by atoms with van der Waals surface area (Å²) in [4.78, 5) is 24.5. The summed E-state index contributed by atoms with van der Waals surface area (Å²) in [6, 6.07) is 1.75. The fraction of sp³-hybridized carbons (Fsp3) is 0.500. The largest absolute Gasteiger partial charge is 0.411 e. The third kappa shape index (κ3) is 6.08. The number of hydrogen-bond acceptors (Lipinski definition) is 9. The van der Waals surface area contributed by atoms with Crippen molar-refractivity contribution in [2.24, 2.45) is 11.7 Å². The number of rotatable bonds is 7. The minimum absolute atomic E-state index is 0.0614. The summed E-state index contributed by atoms with van der Waals surface area (Å²) in [6.45, 7) is 2.54. The van der Waals surface area contributed by atoms with E-state index >= 15 is 0 Å². The molecule has 33 heavy (non-hydrogen) atoms. The topological polar surface area (TPSA) is 142 Å². The fourth-order valence-corrected chi connectivity index (χ4v) is 4.50. The van der Waals surface area contributed by atoms with Gasteiger partial charge in [0.1, 0.15) is 11.4 Å². The summed E-state index contributed by atoms with van der Waals surface area (Å²) >= 11 is 6.22. The number of carbonyl (C=O) groups excluding carboxylic acids is 1. The van der Waals surface area contributed by atoms with Gasteiger partial charge in [0.05, 0.1) is 5.02 Å². The van der Waals surface area contributed by atoms with Crippen molar-refractivity contribution in [1.82, 2.24) is 20.0 Å². The quantitative estimate of drug-likeness (QED) is 0.349. The molecule has 1 saturated heterocycles. The number of carbonyl (C=O) groups is 1. The van der Waals surface area contributed by atoms with Crippen molar-refractivity contribution in [2.75, 3.05) is 30.4 Å². The smallest absolute Gasteiger partial charge is 0.388 e. The Morgan fingerprint density at radius 3 is 2.64 bits per heavy atom. The maximum atomic E-state index is 11.2. The molecule has 3 heterocycles. The Morgan fingerprint density at radius 1 is 1.18 bits per heavy atom. The molecule has 2 aromatic heterocycles. The molecule has 176 valence electrons. The molecule has 1 saturated carbocycles. The van der Waals surface area contributed by atoms with E-state index in [1.807, 2.05) is 0 Å². The molecule has 0 spiro atoms. The first-order valence-corrected chi connectivity index (χ1v) is 11.7. The first-order valence-electron chi connectivity index (χ1n) is 11.3. The van der Waals surface area contributed by atoms with Gasteiger partial charge in [-0.25, -0.2) is 19.8 Å². The highest BCUT2D eigenvalue weighted by molar-refractivity contribution is 6.30. The minimum atomic E-state index is -1.09. The maximum Gasteiger partial charge on any atom is 0.411 e. The van der Waals surface area contributed by atoms with Gasteiger partial charge in [-0.05, 0) is 37.7 Å². The molecule has 0 unspecified atom stereocenters. The van der Waals surface area contributed by atoms with E-state index in [-0.39, 0.29) is 5.82 Å². The number of amides is 1. The average Bonchev–Trinajstić information content (AvgIpc) is 3.31. The second-order valence-electron chi connectivity index (χ2n) is 8.45. The van der Waals surface area contributed by atoms with Crippen LogP contribution in [-0.2, 0) is 4.74 Å². The predicted molar refractivity (Wildman–Crippen MR) is 127 cm³/mol. The van der Waals surface area contributed by atoms with E-state index in [1.54, 1.807) is 18.5 Å². The van der Waals surface area contributed by atoms with Crippen molar-refractivity contribution in [3.63, 3.8) is 0 Å². The third-order valence-corrected chi connectivity index (χ3v) is 6.16. The monoisotopic (exact) mass is 472 g/mol. The molecule has 2 fully saturated rings. The Hall–Kier alpha value is -2.98. The molecule has 0 atom stereocenters. The summed E-state index contributed by atoms with van der Waals surface area (Å²) in [5.74, 6) is 0.487. The summed E-state index contributed by atoms with van der Waals surface area (Å²) in [7, 11) is 0. The van der Waals surface area contributed by atoms with Gasteiger partial charge < -0.3 is 21.2 Å². The van der Waals surface area contributed by atoms with Crippen molar-refractivity contribution in [2.45, 2.75) is 44.9 Å². The number of hydrogen-bond donors (Lipinski definition) is 4. The van der Waals surface area contributed by atoms with Crippen molar-refractivity contribution in [3.05, 3.63) is 29.3 Å². The van der Waals surface area contributed by atoms with E-state index in [1.165, 1.54) is 32.1 Å². The van der Waals surface area contributed by atoms with E-state index in [0.29, 0.717) is 33.7 Å². The van der Waals surface area contributed by atoms with Crippen LogP contribution in [0.1, 0.15) is 50.8 Å². The first-order chi connectivity index (χ1) is 16.0. The van der Waals surface area contributed by atoms with Crippen LogP contribution in [0.3, 0.4) is 0 Å². The van der Waals surface area contributed by atoms with E-state index in [4.69, 9.17) is 27.5 Å². The van der Waals surface area contributed by atoms with Gasteiger partial charge in [-0.1, -0.05) is 30.9 Å². The number of nitrogens with one attached hydrogen (secondary N) is 3. The van der Waals surface area contributed by atoms with Gasteiger partial charge in [0.15, 0.2) is 5.82 Å². The third-order valence-electron chi connectivity index (χ3n) is 5.96. The van der Waals surface area contributed by atoms with Crippen molar-refractivity contribution < 1.29 is 9.53 Å². The molecule has 2 aliphatic rings. The molecule has 0 radical (unpaired) electrons. The van der Waals surface area contributed by atoms with Crippen LogP contribution in [0.25, 0.3) is 11.3 Å². The normalized spacial score (nSPS) is 17.0. The van der Waals surface area contributed by atoms with Gasteiger partial charge >= 0.3 is 6.09 Å². The zero-order chi connectivity index (χ0) is 23.2. The molecule has 11 heteroatoms. The Balaban J connectivity index is 1.75. The van der Waals surface area contributed by atoms with Crippen LogP contribution >= 0.6 is 11.6 Å². The van der Waals surface area contributed by atoms with E-state index < -0.39 is 12.0 Å². The number of nitrogens with two attached hydrogens (primary N) is 1. The van der Waals surface area contributed by atoms with Crippen LogP contribution in [0.2, 0.25) is 5.02 Å². The lowest BCUT2D eigenvalue weighted by Crippen LogP contribution is -2.29. The Kier molecular flexibility index (Phi) is 7.56. The Labute approximate surface area is 197 Å². The lowest BCUT2D eigenvalue weighted by atomic mass is 9.89. The highest BCUT2D eigenvalue weighted by Gasteiger charge is 2.24. The van der Waals surface area contributed by atoms with Gasteiger partial charge in [-0.3, -0.25) is 10.4 Å². The molecule has 0 aromatic carbocycles. The van der Waals surface area contributed by atoms with Crippen LogP contribution in [0.5, 0.6) is 0 Å². The molecule has 0 bridgehead atoms. The number of primary amides is 1. The lowest BCUT2D eigenvalue weighted by Gasteiger charge is -2.25. The molecule has 10 nitrogen and oxygen atoms in total. The SMILES string of the molecule is N=C(OC(N)=O)c1nc(NN2CCCC2)c(NCC2CCCCC2)c(-c2cncc(Cl)c2)n1. The van der Waals surface area contributed by atoms with Crippen LogP contribution in [0, 0.1) is 11.3 Å². The van der Waals surface area contributed by atoms with Crippen molar-refractivity contribution in [1.29, 1.82) is 5.41 Å². The number of pyridine rings is 1. The maximum absolute atomic E-state index is 11.2. The summed E-state index contributed by atoms with van der Waals surface area (Å²) in [5.41, 5.74) is 10.4. The number of ether oxygens (including phenoxy) is 1. The molecule has 1 aliphatic heterocycles.